The number of hydrogen-bond acceptors (Lipinski definition) is 4. The number of halogens is 2. The summed E-state index contributed by atoms with van der Waals surface area (Å²) in [5.41, 5.74) is 0.286. The van der Waals surface area contributed by atoms with Crippen LogP contribution in [0, 0.1) is 6.92 Å². The van der Waals surface area contributed by atoms with Gasteiger partial charge in [-0.3, -0.25) is 9.59 Å². The number of hydrogen-bond donors (Lipinski definition) is 1. The summed E-state index contributed by atoms with van der Waals surface area (Å²) < 4.78 is 1.80. The monoisotopic (exact) mass is 425 g/mol. The number of thiophene rings is 1. The fourth-order valence-electron chi connectivity index (χ4n) is 1.72. The maximum absolute atomic E-state index is 12.3. The molecule has 1 aromatic heterocycles. The molecule has 1 aliphatic carbocycles. The number of rotatable bonds is 4. The molecule has 3 nitrogen and oxygen atoms in total. The smallest absolute Gasteiger partial charge is 0.262 e. The fraction of sp³-hybridized carbons (Fsp3) is 0.500. The molecule has 0 saturated heterocycles. The second kappa shape index (κ2) is 5.87. The molecule has 2 rings (SSSR count). The van der Waals surface area contributed by atoms with E-state index < -0.39 is 5.54 Å². The van der Waals surface area contributed by atoms with Gasteiger partial charge < -0.3 is 5.32 Å². The standard InChI is InChI=1S/C12H13Br2NO2S2/c1-3-18-11(17)12(4-5-12)15-10(16)8-6(2)7(13)9(14)19-8/h3-5H2,1-2H3,(H,15,16). The Morgan fingerprint density at radius 1 is 1.42 bits per heavy atom. The van der Waals surface area contributed by atoms with Crippen LogP contribution in [0.25, 0.3) is 0 Å². The highest BCUT2D eigenvalue weighted by atomic mass is 79.9. The molecule has 0 aromatic carbocycles. The van der Waals surface area contributed by atoms with Crippen molar-refractivity contribution in [1.82, 2.24) is 5.32 Å². The maximum Gasteiger partial charge on any atom is 0.262 e. The Morgan fingerprint density at radius 3 is 2.47 bits per heavy atom. The number of nitrogens with one attached hydrogen (secondary N) is 1. The van der Waals surface area contributed by atoms with Gasteiger partial charge in [0.15, 0.2) is 0 Å². The van der Waals surface area contributed by atoms with Crippen LogP contribution in [0.4, 0.5) is 0 Å². The molecule has 7 heteroatoms. The average Bonchev–Trinajstić information content (AvgIpc) is 3.09. The summed E-state index contributed by atoms with van der Waals surface area (Å²) in [7, 11) is 0. The molecule has 104 valence electrons. The lowest BCUT2D eigenvalue weighted by atomic mass is 10.2. The number of amides is 1. The van der Waals surface area contributed by atoms with E-state index in [1.165, 1.54) is 23.1 Å². The van der Waals surface area contributed by atoms with Crippen LogP contribution >= 0.6 is 55.0 Å². The van der Waals surface area contributed by atoms with Gasteiger partial charge in [0, 0.05) is 4.47 Å². The Bertz CT molecular complexity index is 538. The average molecular weight is 427 g/mol. The predicted octanol–water partition coefficient (Wildman–Crippen LogP) is 4.12. The highest BCUT2D eigenvalue weighted by Crippen LogP contribution is 2.41. The lowest BCUT2D eigenvalue weighted by molar-refractivity contribution is -0.113. The van der Waals surface area contributed by atoms with Gasteiger partial charge in [0.2, 0.25) is 5.12 Å². The van der Waals surface area contributed by atoms with Crippen LogP contribution in [-0.2, 0) is 4.79 Å². The first-order valence-corrected chi connectivity index (χ1v) is 9.24. The molecule has 1 aromatic rings. The predicted molar refractivity (Wildman–Crippen MR) is 87.0 cm³/mol. The molecule has 1 aliphatic rings. The summed E-state index contributed by atoms with van der Waals surface area (Å²) in [6.07, 6.45) is 1.49. The van der Waals surface area contributed by atoms with E-state index in [1.54, 1.807) is 0 Å². The van der Waals surface area contributed by atoms with Gasteiger partial charge in [0.25, 0.3) is 5.91 Å². The Balaban J connectivity index is 2.13. The third-order valence-electron chi connectivity index (χ3n) is 3.01. The number of carbonyl (C=O) groups excluding carboxylic acids is 2. The second-order valence-corrected chi connectivity index (χ2v) is 8.77. The zero-order chi connectivity index (χ0) is 14.2. The van der Waals surface area contributed by atoms with Gasteiger partial charge in [-0.05, 0) is 62.9 Å². The molecule has 0 aliphatic heterocycles. The quantitative estimate of drug-likeness (QED) is 0.787. The van der Waals surface area contributed by atoms with E-state index in [-0.39, 0.29) is 11.0 Å². The molecule has 0 bridgehead atoms. The molecule has 1 fully saturated rings. The summed E-state index contributed by atoms with van der Waals surface area (Å²) in [5, 5.41) is 2.99. The van der Waals surface area contributed by atoms with Crippen LogP contribution in [0.5, 0.6) is 0 Å². The van der Waals surface area contributed by atoms with Crippen molar-refractivity contribution in [3.63, 3.8) is 0 Å². The third-order valence-corrected chi connectivity index (χ3v) is 7.70. The van der Waals surface area contributed by atoms with Gasteiger partial charge in [-0.2, -0.15) is 0 Å². The van der Waals surface area contributed by atoms with Crippen LogP contribution in [0.3, 0.4) is 0 Å². The minimum Gasteiger partial charge on any atom is -0.338 e. The first-order chi connectivity index (χ1) is 8.91. The summed E-state index contributed by atoms with van der Waals surface area (Å²) in [4.78, 5) is 24.9. The van der Waals surface area contributed by atoms with E-state index in [1.807, 2.05) is 13.8 Å². The second-order valence-electron chi connectivity index (χ2n) is 4.40. The van der Waals surface area contributed by atoms with Gasteiger partial charge in [-0.1, -0.05) is 18.7 Å². The Hall–Kier alpha value is 0.150. The van der Waals surface area contributed by atoms with Crippen molar-refractivity contribution < 1.29 is 9.59 Å². The van der Waals surface area contributed by atoms with Crippen molar-refractivity contribution in [2.24, 2.45) is 0 Å². The molecular weight excluding hydrogens is 414 g/mol. The first kappa shape index (κ1) is 15.5. The summed E-state index contributed by atoms with van der Waals surface area (Å²) in [6.45, 7) is 3.83. The zero-order valence-corrected chi connectivity index (χ0v) is 15.3. The zero-order valence-electron chi connectivity index (χ0n) is 10.5. The van der Waals surface area contributed by atoms with Crippen LogP contribution in [0.2, 0.25) is 0 Å². The molecule has 1 heterocycles. The maximum atomic E-state index is 12.3. The lowest BCUT2D eigenvalue weighted by Gasteiger charge is -2.15. The van der Waals surface area contributed by atoms with E-state index in [4.69, 9.17) is 0 Å². The normalized spacial score (nSPS) is 16.2. The summed E-state index contributed by atoms with van der Waals surface area (Å²) in [5.74, 6) is 0.586. The van der Waals surface area contributed by atoms with Crippen LogP contribution in [0.1, 0.15) is 35.0 Å². The molecular formula is C12H13Br2NO2S2. The molecule has 0 unspecified atom stereocenters. The highest BCUT2D eigenvalue weighted by molar-refractivity contribution is 9.13. The van der Waals surface area contributed by atoms with Crippen LogP contribution in [0.15, 0.2) is 8.26 Å². The van der Waals surface area contributed by atoms with Gasteiger partial charge >= 0.3 is 0 Å². The minimum atomic E-state index is -0.618. The number of thioether (sulfide) groups is 1. The number of carbonyl (C=O) groups is 2. The molecule has 1 saturated carbocycles. The fourth-order valence-corrected chi connectivity index (χ4v) is 4.69. The topological polar surface area (TPSA) is 46.2 Å². The van der Waals surface area contributed by atoms with E-state index in [9.17, 15) is 9.59 Å². The molecule has 0 atom stereocenters. The summed E-state index contributed by atoms with van der Waals surface area (Å²) >= 11 is 9.50. The molecule has 0 spiro atoms. The Labute approximate surface area is 137 Å². The van der Waals surface area contributed by atoms with E-state index in [0.717, 1.165) is 32.4 Å². The van der Waals surface area contributed by atoms with Crippen molar-refractivity contribution >= 4 is 66.0 Å². The molecule has 19 heavy (non-hydrogen) atoms. The Kier molecular flexibility index (Phi) is 4.80. The van der Waals surface area contributed by atoms with Gasteiger partial charge in [-0.15, -0.1) is 11.3 Å². The van der Waals surface area contributed by atoms with Crippen LogP contribution in [-0.4, -0.2) is 22.3 Å². The van der Waals surface area contributed by atoms with Crippen LogP contribution < -0.4 is 5.32 Å². The lowest BCUT2D eigenvalue weighted by Crippen LogP contribution is -2.42. The van der Waals surface area contributed by atoms with Crippen molar-refractivity contribution in [2.75, 3.05) is 5.75 Å². The van der Waals surface area contributed by atoms with Crippen molar-refractivity contribution in [3.05, 3.63) is 18.7 Å². The third kappa shape index (κ3) is 3.09. The first-order valence-electron chi connectivity index (χ1n) is 5.85. The highest BCUT2D eigenvalue weighted by Gasteiger charge is 2.51. The SMILES string of the molecule is CCSC(=O)C1(NC(=O)c2sc(Br)c(Br)c2C)CC1. The van der Waals surface area contributed by atoms with Crippen molar-refractivity contribution in [3.8, 4) is 0 Å². The van der Waals surface area contributed by atoms with Crippen molar-refractivity contribution in [2.45, 2.75) is 32.2 Å². The van der Waals surface area contributed by atoms with Gasteiger partial charge in [0.05, 0.1) is 8.66 Å². The van der Waals surface area contributed by atoms with E-state index in [0.29, 0.717) is 4.88 Å². The summed E-state index contributed by atoms with van der Waals surface area (Å²) in [6, 6.07) is 0. The minimum absolute atomic E-state index is 0.0793. The molecule has 0 radical (unpaired) electrons. The molecule has 1 amide bonds. The largest absolute Gasteiger partial charge is 0.338 e. The van der Waals surface area contributed by atoms with E-state index >= 15 is 0 Å². The van der Waals surface area contributed by atoms with Gasteiger partial charge in [0.1, 0.15) is 5.54 Å². The molecule has 1 N–H and O–H groups in total. The van der Waals surface area contributed by atoms with Crippen molar-refractivity contribution in [1.29, 1.82) is 0 Å². The Morgan fingerprint density at radius 2 is 2.05 bits per heavy atom. The van der Waals surface area contributed by atoms with Gasteiger partial charge in [-0.25, -0.2) is 0 Å². The van der Waals surface area contributed by atoms with E-state index in [2.05, 4.69) is 37.2 Å².